The number of amides is 1. The van der Waals surface area contributed by atoms with Crippen molar-refractivity contribution in [1.29, 1.82) is 0 Å². The van der Waals surface area contributed by atoms with Crippen LogP contribution >= 0.6 is 0 Å². The first-order valence-electron chi connectivity index (χ1n) is 7.12. The number of hydrogen-bond acceptors (Lipinski definition) is 4. The lowest BCUT2D eigenvalue weighted by atomic mass is 10.3. The van der Waals surface area contributed by atoms with Crippen LogP contribution in [0.5, 0.6) is 0 Å². The summed E-state index contributed by atoms with van der Waals surface area (Å²) >= 11 is 0. The van der Waals surface area contributed by atoms with Crippen molar-refractivity contribution in [2.24, 2.45) is 0 Å². The van der Waals surface area contributed by atoms with Crippen molar-refractivity contribution >= 4 is 12.0 Å². The van der Waals surface area contributed by atoms with Gasteiger partial charge < -0.3 is 5.32 Å². The van der Waals surface area contributed by atoms with E-state index in [1.165, 1.54) is 6.08 Å². The van der Waals surface area contributed by atoms with Gasteiger partial charge in [-0.15, -0.1) is 0 Å². The van der Waals surface area contributed by atoms with Crippen molar-refractivity contribution in [2.45, 2.75) is 6.54 Å². The summed E-state index contributed by atoms with van der Waals surface area (Å²) in [5.41, 5.74) is 2.54. The number of hydrogen-bond donors (Lipinski definition) is 1. The summed E-state index contributed by atoms with van der Waals surface area (Å²) < 4.78 is 1.77. The summed E-state index contributed by atoms with van der Waals surface area (Å²) in [5, 5.41) is 7.09. The van der Waals surface area contributed by atoms with Crippen molar-refractivity contribution in [3.05, 3.63) is 78.6 Å². The molecular weight excluding hydrogens is 290 g/mol. The second-order valence-electron chi connectivity index (χ2n) is 4.81. The molecule has 0 aliphatic carbocycles. The highest BCUT2D eigenvalue weighted by molar-refractivity contribution is 5.91. The number of rotatable bonds is 5. The Bertz CT molecular complexity index is 796. The summed E-state index contributed by atoms with van der Waals surface area (Å²) in [4.78, 5) is 19.8. The zero-order valence-electron chi connectivity index (χ0n) is 12.3. The minimum absolute atomic E-state index is 0.192. The topological polar surface area (TPSA) is 72.7 Å². The van der Waals surface area contributed by atoms with Gasteiger partial charge in [-0.25, -0.2) is 4.68 Å². The van der Waals surface area contributed by atoms with Gasteiger partial charge in [0.1, 0.15) is 0 Å². The van der Waals surface area contributed by atoms with E-state index in [0.717, 1.165) is 11.3 Å². The number of nitrogens with one attached hydrogen (secondary N) is 1. The fraction of sp³-hybridized carbons (Fsp3) is 0.0588. The molecule has 1 aromatic carbocycles. The van der Waals surface area contributed by atoms with E-state index < -0.39 is 0 Å². The highest BCUT2D eigenvalue weighted by Gasteiger charge is 2.02. The average molecular weight is 305 g/mol. The zero-order valence-corrected chi connectivity index (χ0v) is 12.3. The number of nitrogens with zero attached hydrogens (tertiary/aromatic N) is 4. The van der Waals surface area contributed by atoms with Crippen molar-refractivity contribution in [1.82, 2.24) is 25.1 Å². The molecule has 0 bridgehead atoms. The van der Waals surface area contributed by atoms with E-state index in [0.29, 0.717) is 12.2 Å². The second-order valence-corrected chi connectivity index (χ2v) is 4.81. The molecule has 6 heteroatoms. The summed E-state index contributed by atoms with van der Waals surface area (Å²) in [6, 6.07) is 9.81. The molecule has 2 heterocycles. The largest absolute Gasteiger partial charge is 0.348 e. The quantitative estimate of drug-likeness (QED) is 0.732. The molecule has 3 rings (SSSR count). The third kappa shape index (κ3) is 4.10. The molecule has 0 aliphatic heterocycles. The lowest BCUT2D eigenvalue weighted by molar-refractivity contribution is -0.116. The van der Waals surface area contributed by atoms with Crippen LogP contribution in [0.3, 0.4) is 0 Å². The van der Waals surface area contributed by atoms with E-state index in [4.69, 9.17) is 0 Å². The van der Waals surface area contributed by atoms with Crippen LogP contribution in [0.15, 0.2) is 67.4 Å². The van der Waals surface area contributed by atoms with Crippen molar-refractivity contribution in [3.8, 4) is 5.69 Å². The van der Waals surface area contributed by atoms with Gasteiger partial charge in [0.25, 0.3) is 0 Å². The highest BCUT2D eigenvalue weighted by atomic mass is 16.1. The maximum atomic E-state index is 11.8. The lowest BCUT2D eigenvalue weighted by Gasteiger charge is -2.00. The lowest BCUT2D eigenvalue weighted by Crippen LogP contribution is -2.19. The van der Waals surface area contributed by atoms with Crippen molar-refractivity contribution in [2.75, 3.05) is 0 Å². The summed E-state index contributed by atoms with van der Waals surface area (Å²) in [5.74, 6) is -0.192. The molecule has 1 amide bonds. The molecule has 114 valence electrons. The minimum Gasteiger partial charge on any atom is -0.348 e. The van der Waals surface area contributed by atoms with Crippen LogP contribution in [0.25, 0.3) is 11.8 Å². The molecule has 0 radical (unpaired) electrons. The minimum atomic E-state index is -0.192. The fourth-order valence-electron chi connectivity index (χ4n) is 1.98. The number of benzene rings is 1. The highest BCUT2D eigenvalue weighted by Crippen LogP contribution is 2.07. The SMILES string of the molecule is O=C(C=Cc1cnccn1)NCc1cnn(-c2ccccc2)c1. The van der Waals surface area contributed by atoms with Gasteiger partial charge in [0.2, 0.25) is 5.91 Å². The molecule has 0 aliphatic rings. The molecular formula is C17H15N5O. The molecule has 0 saturated carbocycles. The van der Waals surface area contributed by atoms with E-state index in [1.54, 1.807) is 35.5 Å². The predicted molar refractivity (Wildman–Crippen MR) is 86.5 cm³/mol. The van der Waals surface area contributed by atoms with Crippen LogP contribution in [0.4, 0.5) is 0 Å². The van der Waals surface area contributed by atoms with E-state index in [2.05, 4.69) is 20.4 Å². The predicted octanol–water partition coefficient (Wildman–Crippen LogP) is 1.99. The molecule has 0 saturated heterocycles. The van der Waals surface area contributed by atoms with Crippen LogP contribution in [0.2, 0.25) is 0 Å². The fourth-order valence-corrected chi connectivity index (χ4v) is 1.98. The van der Waals surface area contributed by atoms with Crippen molar-refractivity contribution < 1.29 is 4.79 Å². The van der Waals surface area contributed by atoms with Crippen LogP contribution < -0.4 is 5.32 Å². The first-order chi connectivity index (χ1) is 11.3. The number of aromatic nitrogens is 4. The third-order valence-electron chi connectivity index (χ3n) is 3.11. The van der Waals surface area contributed by atoms with E-state index in [-0.39, 0.29) is 5.91 Å². The molecule has 0 spiro atoms. The number of carbonyl (C=O) groups excluding carboxylic acids is 1. The van der Waals surface area contributed by atoms with E-state index in [9.17, 15) is 4.79 Å². The molecule has 3 aromatic rings. The van der Waals surface area contributed by atoms with Crippen LogP contribution in [-0.4, -0.2) is 25.7 Å². The molecule has 6 nitrogen and oxygen atoms in total. The van der Waals surface area contributed by atoms with Gasteiger partial charge in [-0.1, -0.05) is 18.2 Å². The monoisotopic (exact) mass is 305 g/mol. The van der Waals surface area contributed by atoms with Crippen molar-refractivity contribution in [3.63, 3.8) is 0 Å². The summed E-state index contributed by atoms with van der Waals surface area (Å²) in [6.45, 7) is 0.413. The second kappa shape index (κ2) is 7.13. The van der Waals surface area contributed by atoms with Gasteiger partial charge >= 0.3 is 0 Å². The summed E-state index contributed by atoms with van der Waals surface area (Å²) in [6.07, 6.45) is 11.4. The maximum Gasteiger partial charge on any atom is 0.244 e. The van der Waals surface area contributed by atoms with Crippen LogP contribution in [0.1, 0.15) is 11.3 Å². The standard InChI is InChI=1S/C17H15N5O/c23-17(7-6-15-12-18-8-9-19-15)20-10-14-11-21-22(13-14)16-4-2-1-3-5-16/h1-9,11-13H,10H2,(H,20,23). The number of carbonyl (C=O) groups is 1. The van der Waals surface area contributed by atoms with E-state index >= 15 is 0 Å². The Hall–Kier alpha value is -3.28. The average Bonchev–Trinajstić information content (AvgIpc) is 3.09. The first-order valence-corrected chi connectivity index (χ1v) is 7.12. The number of para-hydroxylation sites is 1. The molecule has 0 atom stereocenters. The van der Waals surface area contributed by atoms with E-state index in [1.807, 2.05) is 36.5 Å². The van der Waals surface area contributed by atoms with Crippen LogP contribution in [0, 0.1) is 0 Å². The molecule has 1 N–H and O–H groups in total. The molecule has 0 unspecified atom stereocenters. The Morgan fingerprint density at radius 2 is 2.04 bits per heavy atom. The molecule has 23 heavy (non-hydrogen) atoms. The van der Waals surface area contributed by atoms with Crippen LogP contribution in [-0.2, 0) is 11.3 Å². The van der Waals surface area contributed by atoms with Gasteiger partial charge in [-0.2, -0.15) is 5.10 Å². The van der Waals surface area contributed by atoms with Gasteiger partial charge in [0.05, 0.1) is 23.8 Å². The Labute approximate surface area is 133 Å². The third-order valence-corrected chi connectivity index (χ3v) is 3.11. The Morgan fingerprint density at radius 1 is 1.17 bits per heavy atom. The zero-order chi connectivity index (χ0) is 15.9. The Kier molecular flexibility index (Phi) is 4.54. The van der Waals surface area contributed by atoms with Gasteiger partial charge in [-0.05, 0) is 18.2 Å². The molecule has 2 aromatic heterocycles. The Balaban J connectivity index is 1.55. The van der Waals surface area contributed by atoms with Gasteiger partial charge in [-0.3, -0.25) is 14.8 Å². The summed E-state index contributed by atoms with van der Waals surface area (Å²) in [7, 11) is 0. The van der Waals surface area contributed by atoms with Gasteiger partial charge in [0, 0.05) is 36.8 Å². The van der Waals surface area contributed by atoms with Gasteiger partial charge in [0.15, 0.2) is 0 Å². The maximum absolute atomic E-state index is 11.8. The molecule has 0 fully saturated rings. The Morgan fingerprint density at radius 3 is 2.83 bits per heavy atom. The first kappa shape index (κ1) is 14.6. The normalized spacial score (nSPS) is 10.8. The smallest absolute Gasteiger partial charge is 0.244 e.